The second-order valence-corrected chi connectivity index (χ2v) is 5.59. The van der Waals surface area contributed by atoms with Crippen molar-refractivity contribution in [3.05, 3.63) is 55.0 Å². The summed E-state index contributed by atoms with van der Waals surface area (Å²) in [5.74, 6) is 2.14. The third-order valence-corrected chi connectivity index (χ3v) is 3.90. The van der Waals surface area contributed by atoms with Crippen molar-refractivity contribution in [2.24, 2.45) is 4.99 Å². The van der Waals surface area contributed by atoms with Crippen LogP contribution < -0.4 is 26.3 Å². The summed E-state index contributed by atoms with van der Waals surface area (Å²) in [5, 5.41) is 2.38. The Kier molecular flexibility index (Phi) is 7.66. The van der Waals surface area contributed by atoms with Crippen LogP contribution in [0.25, 0.3) is 22.8 Å². The zero-order valence-corrected chi connectivity index (χ0v) is 16.7. The molecule has 0 aliphatic carbocycles. The first-order valence-electron chi connectivity index (χ1n) is 7.93. The summed E-state index contributed by atoms with van der Waals surface area (Å²) in [4.78, 5) is 8.29. The predicted molar refractivity (Wildman–Crippen MR) is 98.6 cm³/mol. The number of hydrogen-bond donors (Lipinski definition) is 0. The van der Waals surface area contributed by atoms with Gasteiger partial charge in [-0.1, -0.05) is 0 Å². The van der Waals surface area contributed by atoms with Gasteiger partial charge in [0.1, 0.15) is 12.3 Å². The van der Waals surface area contributed by atoms with Crippen molar-refractivity contribution in [2.45, 2.75) is 13.0 Å². The lowest BCUT2D eigenvalue weighted by Crippen LogP contribution is -3.00. The fourth-order valence-corrected chi connectivity index (χ4v) is 2.51. The Balaban J connectivity index is 0.00000243. The van der Waals surface area contributed by atoms with E-state index >= 15 is 0 Å². The van der Waals surface area contributed by atoms with E-state index in [1.54, 1.807) is 13.3 Å². The molecule has 0 amide bonds. The summed E-state index contributed by atoms with van der Waals surface area (Å²) in [6.45, 7) is 1.58. The number of methoxy groups -OCH3 is 1. The van der Waals surface area contributed by atoms with Crippen molar-refractivity contribution in [1.29, 1.82) is 0 Å². The molecule has 3 aromatic rings. The Bertz CT molecular complexity index is 873. The Hall–Kier alpha value is -2.34. The number of pyridine rings is 1. The summed E-state index contributed by atoms with van der Waals surface area (Å²) in [6, 6.07) is 11.7. The lowest BCUT2D eigenvalue weighted by atomic mass is 10.2. The highest BCUT2D eigenvalue weighted by Crippen LogP contribution is 2.26. The van der Waals surface area contributed by atoms with Gasteiger partial charge >= 0.3 is 0 Å². The molecule has 0 saturated heterocycles. The van der Waals surface area contributed by atoms with Crippen molar-refractivity contribution in [3.63, 3.8) is 0 Å². The van der Waals surface area contributed by atoms with Crippen LogP contribution in [0.4, 0.5) is 0 Å². The third kappa shape index (κ3) is 5.08. The highest BCUT2D eigenvalue weighted by atomic mass is 79.9. The minimum atomic E-state index is 0. The molecule has 0 unspecified atom stereocenters. The van der Waals surface area contributed by atoms with E-state index in [-0.39, 0.29) is 17.0 Å². The maximum Gasteiger partial charge on any atom is 0.227 e. The zero-order chi connectivity index (χ0) is 17.5. The van der Waals surface area contributed by atoms with E-state index in [0.717, 1.165) is 35.6 Å². The standard InChI is InChI=1S/C19H18N3O2S.BrH/c1-23-17-5-3-15(4-6-17)18-13-21-19(24-18)16-7-11-22(12-8-16)10-2-9-20-14-25;/h3-8,11-13H,2,9-10H2,1H3;1H/q+1;/p-1. The van der Waals surface area contributed by atoms with Crippen molar-refractivity contribution < 1.29 is 30.7 Å². The average Bonchev–Trinajstić information content (AvgIpc) is 3.16. The van der Waals surface area contributed by atoms with Gasteiger partial charge in [0.05, 0.1) is 25.0 Å². The molecule has 0 bridgehead atoms. The number of aromatic nitrogens is 2. The van der Waals surface area contributed by atoms with E-state index in [4.69, 9.17) is 9.15 Å². The molecule has 0 atom stereocenters. The van der Waals surface area contributed by atoms with Gasteiger partial charge in [0.25, 0.3) is 0 Å². The molecule has 26 heavy (non-hydrogen) atoms. The Morgan fingerprint density at radius 1 is 1.15 bits per heavy atom. The number of ether oxygens (including phenoxy) is 1. The Labute approximate surface area is 168 Å². The van der Waals surface area contributed by atoms with E-state index in [9.17, 15) is 0 Å². The highest BCUT2D eigenvalue weighted by Gasteiger charge is 2.10. The zero-order valence-electron chi connectivity index (χ0n) is 14.3. The minimum Gasteiger partial charge on any atom is -1.00 e. The van der Waals surface area contributed by atoms with Crippen molar-refractivity contribution in [1.82, 2.24) is 4.98 Å². The molecule has 7 heteroatoms. The molecule has 0 aliphatic rings. The van der Waals surface area contributed by atoms with Gasteiger partial charge in [0, 0.05) is 29.7 Å². The molecule has 0 spiro atoms. The van der Waals surface area contributed by atoms with E-state index in [2.05, 4.69) is 31.9 Å². The number of oxazole rings is 1. The fourth-order valence-electron chi connectivity index (χ4n) is 2.42. The molecule has 2 heterocycles. The first kappa shape index (κ1) is 20.0. The van der Waals surface area contributed by atoms with E-state index in [1.807, 2.05) is 48.8 Å². The monoisotopic (exact) mass is 431 g/mol. The number of thiocarbonyl (C=S) groups is 1. The van der Waals surface area contributed by atoms with Crippen molar-refractivity contribution in [2.75, 3.05) is 13.7 Å². The molecule has 0 aliphatic heterocycles. The normalized spacial score (nSPS) is 9.88. The molecular weight excluding hydrogens is 414 g/mol. The van der Waals surface area contributed by atoms with Crippen LogP contribution in [0.3, 0.4) is 0 Å². The summed E-state index contributed by atoms with van der Waals surface area (Å²) >= 11 is 4.56. The van der Waals surface area contributed by atoms with Gasteiger partial charge in [0.15, 0.2) is 18.2 Å². The van der Waals surface area contributed by atoms with Gasteiger partial charge in [0.2, 0.25) is 5.89 Å². The number of aryl methyl sites for hydroxylation is 1. The number of nitrogens with zero attached hydrogens (tertiary/aromatic N) is 3. The molecule has 0 N–H and O–H groups in total. The van der Waals surface area contributed by atoms with Gasteiger partial charge in [-0.15, -0.1) is 0 Å². The maximum atomic E-state index is 5.89. The van der Waals surface area contributed by atoms with Crippen LogP contribution in [0.5, 0.6) is 5.75 Å². The molecule has 1 aromatic carbocycles. The average molecular weight is 432 g/mol. The number of halogens is 1. The van der Waals surface area contributed by atoms with Crippen molar-refractivity contribution in [3.8, 4) is 28.5 Å². The summed E-state index contributed by atoms with van der Waals surface area (Å²) < 4.78 is 13.1. The molecule has 0 saturated carbocycles. The van der Waals surface area contributed by atoms with Crippen LogP contribution in [0.15, 0.2) is 64.4 Å². The number of isothiocyanates is 1. The van der Waals surface area contributed by atoms with Crippen LogP contribution in [-0.4, -0.2) is 23.8 Å². The second kappa shape index (κ2) is 9.97. The van der Waals surface area contributed by atoms with E-state index in [0.29, 0.717) is 12.4 Å². The van der Waals surface area contributed by atoms with Gasteiger partial charge in [-0.2, -0.15) is 0 Å². The van der Waals surface area contributed by atoms with Gasteiger partial charge in [-0.25, -0.2) is 14.5 Å². The Morgan fingerprint density at radius 2 is 1.88 bits per heavy atom. The van der Waals surface area contributed by atoms with E-state index < -0.39 is 0 Å². The quantitative estimate of drug-likeness (QED) is 0.240. The molecule has 0 fully saturated rings. The SMILES string of the molecule is COc1ccc(-c2cnc(-c3cc[n+](CCCN=C=S)cc3)o2)cc1.[Br-]. The van der Waals surface area contributed by atoms with Crippen molar-refractivity contribution >= 4 is 17.4 Å². The smallest absolute Gasteiger partial charge is 0.227 e. The van der Waals surface area contributed by atoms with Crippen LogP contribution in [-0.2, 0) is 6.54 Å². The first-order chi connectivity index (χ1) is 12.3. The highest BCUT2D eigenvalue weighted by molar-refractivity contribution is 7.78. The number of hydrogen-bond acceptors (Lipinski definition) is 5. The number of rotatable bonds is 7. The molecular formula is C19H18BrN3O2S. The topological polar surface area (TPSA) is 51.5 Å². The number of aliphatic imine (C=N–C) groups is 1. The number of benzene rings is 1. The van der Waals surface area contributed by atoms with Gasteiger partial charge in [-0.3, -0.25) is 0 Å². The second-order valence-electron chi connectivity index (χ2n) is 5.41. The molecule has 0 radical (unpaired) electrons. The molecule has 3 rings (SSSR count). The fraction of sp³-hybridized carbons (Fsp3) is 0.211. The molecule has 5 nitrogen and oxygen atoms in total. The predicted octanol–water partition coefficient (Wildman–Crippen LogP) is 0.802. The lowest BCUT2D eigenvalue weighted by molar-refractivity contribution is -0.697. The lowest BCUT2D eigenvalue weighted by Gasteiger charge is -2.00. The van der Waals surface area contributed by atoms with E-state index in [1.165, 1.54) is 0 Å². The summed E-state index contributed by atoms with van der Waals surface area (Å²) in [5.41, 5.74) is 1.90. The van der Waals surface area contributed by atoms with Crippen LogP contribution in [0, 0.1) is 0 Å². The largest absolute Gasteiger partial charge is 1.00 e. The van der Waals surface area contributed by atoms with Crippen LogP contribution in [0.2, 0.25) is 0 Å². The van der Waals surface area contributed by atoms with Crippen LogP contribution in [0.1, 0.15) is 6.42 Å². The van der Waals surface area contributed by atoms with Gasteiger partial charge in [-0.05, 0) is 36.5 Å². The maximum absolute atomic E-state index is 5.89. The Morgan fingerprint density at radius 3 is 2.54 bits per heavy atom. The van der Waals surface area contributed by atoms with Crippen LogP contribution >= 0.6 is 12.2 Å². The first-order valence-corrected chi connectivity index (χ1v) is 8.34. The summed E-state index contributed by atoms with van der Waals surface area (Å²) in [7, 11) is 1.65. The van der Waals surface area contributed by atoms with Gasteiger partial charge < -0.3 is 26.1 Å². The third-order valence-electron chi connectivity index (χ3n) is 3.77. The molecule has 2 aromatic heterocycles. The minimum absolute atomic E-state index is 0. The molecule has 134 valence electrons. The summed E-state index contributed by atoms with van der Waals surface area (Å²) in [6.07, 6.45) is 6.68.